The van der Waals surface area contributed by atoms with Crippen LogP contribution in [0.4, 0.5) is 0 Å². The van der Waals surface area contributed by atoms with Gasteiger partial charge in [0.25, 0.3) is 0 Å². The van der Waals surface area contributed by atoms with Gasteiger partial charge in [-0.15, -0.1) is 0 Å². The van der Waals surface area contributed by atoms with E-state index >= 15 is 0 Å². The highest BCUT2D eigenvalue weighted by Gasteiger charge is 2.37. The van der Waals surface area contributed by atoms with Crippen LogP contribution in [-0.2, 0) is 5.54 Å². The van der Waals surface area contributed by atoms with E-state index in [4.69, 9.17) is 0 Å². The standard InChI is InChI=1S/C20H24N2/c1-14(2)19-12-18-16(13-21-19)10-11-22(5)20(18,4)17-9-7-6-8-15(17)3/h6-14H,1-5H3. The molecule has 0 fully saturated rings. The largest absolute Gasteiger partial charge is 0.367 e. The van der Waals surface area contributed by atoms with Gasteiger partial charge >= 0.3 is 0 Å². The molecule has 22 heavy (non-hydrogen) atoms. The molecule has 0 amide bonds. The summed E-state index contributed by atoms with van der Waals surface area (Å²) in [5.41, 5.74) is 6.22. The maximum Gasteiger partial charge on any atom is 0.0878 e. The smallest absolute Gasteiger partial charge is 0.0878 e. The molecule has 2 heteroatoms. The number of aromatic nitrogens is 1. The predicted octanol–water partition coefficient (Wildman–Crippen LogP) is 4.69. The van der Waals surface area contributed by atoms with Crippen LogP contribution in [0.2, 0.25) is 0 Å². The van der Waals surface area contributed by atoms with Crippen molar-refractivity contribution in [1.82, 2.24) is 9.88 Å². The minimum atomic E-state index is -0.165. The number of hydrogen-bond donors (Lipinski definition) is 0. The normalized spacial score (nSPS) is 20.4. The fourth-order valence-corrected chi connectivity index (χ4v) is 3.34. The summed E-state index contributed by atoms with van der Waals surface area (Å²) in [5.74, 6) is 0.433. The Balaban J connectivity index is 2.27. The molecule has 1 aromatic carbocycles. The second-order valence-electron chi connectivity index (χ2n) is 6.66. The van der Waals surface area contributed by atoms with E-state index in [1.165, 1.54) is 22.3 Å². The van der Waals surface area contributed by atoms with Gasteiger partial charge in [-0.25, -0.2) is 0 Å². The molecule has 0 aliphatic carbocycles. The average molecular weight is 292 g/mol. The van der Waals surface area contributed by atoms with Crippen LogP contribution in [0.3, 0.4) is 0 Å². The number of rotatable bonds is 2. The van der Waals surface area contributed by atoms with Crippen molar-refractivity contribution in [3.63, 3.8) is 0 Å². The summed E-state index contributed by atoms with van der Waals surface area (Å²) in [6.07, 6.45) is 6.34. The number of pyridine rings is 1. The Bertz CT molecular complexity index is 730. The predicted molar refractivity (Wildman–Crippen MR) is 92.8 cm³/mol. The highest BCUT2D eigenvalue weighted by molar-refractivity contribution is 5.61. The van der Waals surface area contributed by atoms with Crippen LogP contribution in [0.5, 0.6) is 0 Å². The van der Waals surface area contributed by atoms with Gasteiger partial charge in [0.05, 0.1) is 5.54 Å². The molecule has 1 aromatic heterocycles. The third kappa shape index (κ3) is 2.14. The molecule has 2 nitrogen and oxygen atoms in total. The molecule has 0 bridgehead atoms. The molecule has 1 atom stereocenters. The van der Waals surface area contributed by atoms with Gasteiger partial charge < -0.3 is 4.90 Å². The fourth-order valence-electron chi connectivity index (χ4n) is 3.34. The van der Waals surface area contributed by atoms with E-state index < -0.39 is 0 Å². The molecular weight excluding hydrogens is 268 g/mol. The van der Waals surface area contributed by atoms with E-state index in [1.54, 1.807) is 0 Å². The molecule has 0 N–H and O–H groups in total. The first-order chi connectivity index (χ1) is 10.4. The van der Waals surface area contributed by atoms with Crippen LogP contribution in [0.25, 0.3) is 6.08 Å². The molecule has 0 saturated heterocycles. The van der Waals surface area contributed by atoms with Crippen molar-refractivity contribution in [2.45, 2.75) is 39.2 Å². The van der Waals surface area contributed by atoms with Gasteiger partial charge in [0.2, 0.25) is 0 Å². The lowest BCUT2D eigenvalue weighted by Crippen LogP contribution is -2.42. The van der Waals surface area contributed by atoms with Gasteiger partial charge in [-0.05, 0) is 48.6 Å². The maximum absolute atomic E-state index is 4.63. The SMILES string of the molecule is Cc1ccccc1C1(C)c2cc(C(C)C)ncc2C=CN1C. The molecule has 1 aliphatic rings. The monoisotopic (exact) mass is 292 g/mol. The quantitative estimate of drug-likeness (QED) is 0.798. The summed E-state index contributed by atoms with van der Waals surface area (Å²) in [5, 5.41) is 0. The van der Waals surface area contributed by atoms with Crippen molar-refractivity contribution in [2.24, 2.45) is 0 Å². The zero-order chi connectivity index (χ0) is 15.9. The van der Waals surface area contributed by atoms with E-state index in [-0.39, 0.29) is 5.54 Å². The van der Waals surface area contributed by atoms with Crippen molar-refractivity contribution < 1.29 is 0 Å². The fraction of sp³-hybridized carbons (Fsp3) is 0.350. The second kappa shape index (κ2) is 5.28. The van der Waals surface area contributed by atoms with Gasteiger partial charge in [-0.2, -0.15) is 0 Å². The highest BCUT2D eigenvalue weighted by Crippen LogP contribution is 2.42. The highest BCUT2D eigenvalue weighted by atomic mass is 15.2. The minimum absolute atomic E-state index is 0.165. The molecular formula is C20H24N2. The Kier molecular flexibility index (Phi) is 3.56. The van der Waals surface area contributed by atoms with Crippen molar-refractivity contribution in [3.05, 3.63) is 70.7 Å². The van der Waals surface area contributed by atoms with Crippen LogP contribution in [0.1, 0.15) is 54.6 Å². The van der Waals surface area contributed by atoms with Gasteiger partial charge in [0, 0.05) is 30.7 Å². The minimum Gasteiger partial charge on any atom is -0.367 e. The first kappa shape index (κ1) is 14.8. The van der Waals surface area contributed by atoms with E-state index in [2.05, 4.69) is 87.2 Å². The Morgan fingerprint density at radius 2 is 1.86 bits per heavy atom. The molecule has 1 aliphatic heterocycles. The van der Waals surface area contributed by atoms with Crippen molar-refractivity contribution in [1.29, 1.82) is 0 Å². The third-order valence-corrected chi connectivity index (χ3v) is 4.92. The molecule has 0 spiro atoms. The van der Waals surface area contributed by atoms with Crippen molar-refractivity contribution in [2.75, 3.05) is 7.05 Å². The summed E-state index contributed by atoms with van der Waals surface area (Å²) in [6, 6.07) is 10.9. The molecule has 0 radical (unpaired) electrons. The summed E-state index contributed by atoms with van der Waals surface area (Å²) in [4.78, 5) is 6.94. The van der Waals surface area contributed by atoms with Crippen molar-refractivity contribution in [3.8, 4) is 0 Å². The Hall–Kier alpha value is -2.09. The first-order valence-electron chi connectivity index (χ1n) is 7.92. The van der Waals surface area contributed by atoms with E-state index in [1.807, 2.05) is 6.20 Å². The molecule has 3 rings (SSSR count). The van der Waals surface area contributed by atoms with Crippen LogP contribution in [0, 0.1) is 6.92 Å². The number of aryl methyl sites for hydroxylation is 1. The summed E-state index contributed by atoms with van der Waals surface area (Å²) < 4.78 is 0. The molecule has 0 saturated carbocycles. The molecule has 114 valence electrons. The lowest BCUT2D eigenvalue weighted by molar-refractivity contribution is 0.250. The van der Waals surface area contributed by atoms with Crippen molar-refractivity contribution >= 4 is 6.08 Å². The van der Waals surface area contributed by atoms with Crippen LogP contribution in [-0.4, -0.2) is 16.9 Å². The number of fused-ring (bicyclic) bond motifs is 1. The zero-order valence-electron chi connectivity index (χ0n) is 14.1. The zero-order valence-corrected chi connectivity index (χ0v) is 14.1. The van der Waals surface area contributed by atoms with Gasteiger partial charge in [0.15, 0.2) is 0 Å². The van der Waals surface area contributed by atoms with E-state index in [0.29, 0.717) is 5.92 Å². The Morgan fingerprint density at radius 3 is 2.55 bits per heavy atom. The molecule has 2 heterocycles. The molecule has 2 aromatic rings. The lowest BCUT2D eigenvalue weighted by Gasteiger charge is -2.43. The van der Waals surface area contributed by atoms with E-state index in [0.717, 1.165) is 5.69 Å². The summed E-state index contributed by atoms with van der Waals surface area (Å²) in [6.45, 7) is 8.89. The van der Waals surface area contributed by atoms with Crippen LogP contribution in [0.15, 0.2) is 42.7 Å². The number of hydrogen-bond acceptors (Lipinski definition) is 2. The summed E-state index contributed by atoms with van der Waals surface area (Å²) in [7, 11) is 2.15. The first-order valence-corrected chi connectivity index (χ1v) is 7.92. The Labute approximate surface area is 133 Å². The second-order valence-corrected chi connectivity index (χ2v) is 6.66. The van der Waals surface area contributed by atoms with Gasteiger partial charge in [-0.1, -0.05) is 38.1 Å². The summed E-state index contributed by atoms with van der Waals surface area (Å²) >= 11 is 0. The number of benzene rings is 1. The lowest BCUT2D eigenvalue weighted by atomic mass is 9.77. The van der Waals surface area contributed by atoms with Crippen LogP contribution >= 0.6 is 0 Å². The average Bonchev–Trinajstić information content (AvgIpc) is 2.51. The van der Waals surface area contributed by atoms with Gasteiger partial charge in [0.1, 0.15) is 0 Å². The van der Waals surface area contributed by atoms with E-state index in [9.17, 15) is 0 Å². The Morgan fingerprint density at radius 1 is 1.14 bits per heavy atom. The molecule has 1 unspecified atom stereocenters. The third-order valence-electron chi connectivity index (χ3n) is 4.92. The maximum atomic E-state index is 4.63. The van der Waals surface area contributed by atoms with Gasteiger partial charge in [-0.3, -0.25) is 4.98 Å². The topological polar surface area (TPSA) is 16.1 Å². The van der Waals surface area contributed by atoms with Crippen LogP contribution < -0.4 is 0 Å². The number of nitrogens with zero attached hydrogens (tertiary/aromatic N) is 2.